The van der Waals surface area contributed by atoms with E-state index in [-0.39, 0.29) is 0 Å². The van der Waals surface area contributed by atoms with E-state index >= 15 is 0 Å². The van der Waals surface area contributed by atoms with Crippen molar-refractivity contribution in [2.24, 2.45) is 11.3 Å². The number of pyridine rings is 1. The predicted molar refractivity (Wildman–Crippen MR) is 71.5 cm³/mol. The van der Waals surface area contributed by atoms with Crippen molar-refractivity contribution in [1.82, 2.24) is 4.98 Å². The van der Waals surface area contributed by atoms with Crippen LogP contribution < -0.4 is 5.32 Å². The van der Waals surface area contributed by atoms with E-state index < -0.39 is 0 Å². The number of nitrogens with one attached hydrogen (secondary N) is 1. The van der Waals surface area contributed by atoms with E-state index in [4.69, 9.17) is 0 Å². The summed E-state index contributed by atoms with van der Waals surface area (Å²) in [5, 5.41) is 3.59. The van der Waals surface area contributed by atoms with Gasteiger partial charge < -0.3 is 5.32 Å². The second-order valence-corrected chi connectivity index (χ2v) is 6.48. The molecule has 2 unspecified atom stereocenters. The fourth-order valence-electron chi connectivity index (χ4n) is 2.76. The molecule has 1 saturated carbocycles. The SMILES string of the molecule is CC1CC(C)(C)CC1Nc1ccc(Br)nc1. The average Bonchev–Trinajstić information content (AvgIpc) is 2.44. The first-order chi connectivity index (χ1) is 7.46. The predicted octanol–water partition coefficient (Wildman–Crippen LogP) is 4.08. The molecule has 1 aliphatic carbocycles. The summed E-state index contributed by atoms with van der Waals surface area (Å²) < 4.78 is 0.887. The zero-order valence-electron chi connectivity index (χ0n) is 10.1. The molecule has 0 radical (unpaired) electrons. The van der Waals surface area contributed by atoms with E-state index in [9.17, 15) is 0 Å². The third-order valence-corrected chi connectivity index (χ3v) is 3.88. The van der Waals surface area contributed by atoms with Gasteiger partial charge in [0.1, 0.15) is 4.60 Å². The van der Waals surface area contributed by atoms with Crippen molar-refractivity contribution in [2.45, 2.75) is 39.7 Å². The van der Waals surface area contributed by atoms with Gasteiger partial charge in [0.25, 0.3) is 0 Å². The molecule has 0 aliphatic heterocycles. The Labute approximate surface area is 106 Å². The lowest BCUT2D eigenvalue weighted by Crippen LogP contribution is -2.22. The van der Waals surface area contributed by atoms with Gasteiger partial charge in [-0.25, -0.2) is 4.98 Å². The van der Waals surface area contributed by atoms with Crippen molar-refractivity contribution < 1.29 is 0 Å². The Kier molecular flexibility index (Phi) is 3.24. The van der Waals surface area contributed by atoms with Crippen LogP contribution in [0.2, 0.25) is 0 Å². The van der Waals surface area contributed by atoms with Crippen LogP contribution in [-0.2, 0) is 0 Å². The molecule has 88 valence electrons. The molecule has 1 aliphatic rings. The molecule has 1 aromatic rings. The Morgan fingerprint density at radius 2 is 2.12 bits per heavy atom. The molecule has 2 rings (SSSR count). The average molecular weight is 283 g/mol. The van der Waals surface area contributed by atoms with Crippen molar-refractivity contribution in [3.05, 3.63) is 22.9 Å². The van der Waals surface area contributed by atoms with Crippen molar-refractivity contribution in [1.29, 1.82) is 0 Å². The van der Waals surface area contributed by atoms with Crippen LogP contribution in [0.3, 0.4) is 0 Å². The van der Waals surface area contributed by atoms with Gasteiger partial charge in [0.05, 0.1) is 11.9 Å². The smallest absolute Gasteiger partial charge is 0.106 e. The number of aromatic nitrogens is 1. The van der Waals surface area contributed by atoms with Gasteiger partial charge in [-0.2, -0.15) is 0 Å². The molecule has 0 spiro atoms. The van der Waals surface area contributed by atoms with Gasteiger partial charge in [0.15, 0.2) is 0 Å². The third kappa shape index (κ3) is 2.76. The molecule has 1 heterocycles. The van der Waals surface area contributed by atoms with Crippen LogP contribution in [-0.4, -0.2) is 11.0 Å². The van der Waals surface area contributed by atoms with Crippen molar-refractivity contribution >= 4 is 21.6 Å². The van der Waals surface area contributed by atoms with Gasteiger partial charge in [0, 0.05) is 6.04 Å². The van der Waals surface area contributed by atoms with Crippen LogP contribution in [0.25, 0.3) is 0 Å². The third-order valence-electron chi connectivity index (χ3n) is 3.41. The maximum absolute atomic E-state index is 4.24. The minimum absolute atomic E-state index is 0.472. The van der Waals surface area contributed by atoms with Crippen LogP contribution in [0.15, 0.2) is 22.9 Å². The summed E-state index contributed by atoms with van der Waals surface area (Å²) in [6, 6.07) is 4.64. The number of anilines is 1. The highest BCUT2D eigenvalue weighted by atomic mass is 79.9. The molecular weight excluding hydrogens is 264 g/mol. The van der Waals surface area contributed by atoms with E-state index in [0.717, 1.165) is 16.2 Å². The van der Waals surface area contributed by atoms with Crippen LogP contribution in [0.4, 0.5) is 5.69 Å². The summed E-state index contributed by atoms with van der Waals surface area (Å²) in [4.78, 5) is 4.24. The summed E-state index contributed by atoms with van der Waals surface area (Å²) >= 11 is 3.35. The van der Waals surface area contributed by atoms with Crippen LogP contribution >= 0.6 is 15.9 Å². The van der Waals surface area contributed by atoms with Gasteiger partial charge in [-0.1, -0.05) is 20.8 Å². The fraction of sp³-hybridized carbons (Fsp3) is 0.615. The Morgan fingerprint density at radius 1 is 1.38 bits per heavy atom. The van der Waals surface area contributed by atoms with E-state index in [0.29, 0.717) is 11.5 Å². The van der Waals surface area contributed by atoms with Gasteiger partial charge in [-0.15, -0.1) is 0 Å². The van der Waals surface area contributed by atoms with Gasteiger partial charge in [0.2, 0.25) is 0 Å². The first-order valence-corrected chi connectivity index (χ1v) is 6.64. The highest BCUT2D eigenvalue weighted by Crippen LogP contribution is 2.41. The number of halogens is 1. The largest absolute Gasteiger partial charge is 0.381 e. The molecule has 1 N–H and O–H groups in total. The second kappa shape index (κ2) is 4.36. The van der Waals surface area contributed by atoms with Crippen LogP contribution in [0.5, 0.6) is 0 Å². The van der Waals surface area contributed by atoms with Gasteiger partial charge in [-0.05, 0) is 52.2 Å². The Morgan fingerprint density at radius 3 is 2.62 bits per heavy atom. The van der Waals surface area contributed by atoms with Crippen LogP contribution in [0.1, 0.15) is 33.6 Å². The fourth-order valence-corrected chi connectivity index (χ4v) is 3.00. The highest BCUT2D eigenvalue weighted by molar-refractivity contribution is 9.10. The molecule has 1 fully saturated rings. The summed E-state index contributed by atoms with van der Waals surface area (Å²) in [6.45, 7) is 7.04. The molecule has 1 aromatic heterocycles. The number of hydrogen-bond donors (Lipinski definition) is 1. The Hall–Kier alpha value is -0.570. The molecule has 0 bridgehead atoms. The van der Waals surface area contributed by atoms with Crippen molar-refractivity contribution in [3.8, 4) is 0 Å². The van der Waals surface area contributed by atoms with E-state index in [1.54, 1.807) is 0 Å². The Bertz CT molecular complexity index is 359. The molecule has 0 saturated heterocycles. The lowest BCUT2D eigenvalue weighted by molar-refractivity contribution is 0.366. The monoisotopic (exact) mass is 282 g/mol. The highest BCUT2D eigenvalue weighted by Gasteiger charge is 2.36. The summed E-state index contributed by atoms with van der Waals surface area (Å²) in [5.74, 6) is 0.735. The maximum Gasteiger partial charge on any atom is 0.106 e. The minimum atomic E-state index is 0.472. The van der Waals surface area contributed by atoms with Gasteiger partial charge in [-0.3, -0.25) is 0 Å². The zero-order valence-corrected chi connectivity index (χ0v) is 11.7. The molecule has 0 aromatic carbocycles. The summed E-state index contributed by atoms with van der Waals surface area (Å²) in [7, 11) is 0. The molecule has 3 heteroatoms. The quantitative estimate of drug-likeness (QED) is 0.827. The molecular formula is C13H19BrN2. The second-order valence-electron chi connectivity index (χ2n) is 5.67. The Balaban J connectivity index is 2.03. The number of hydrogen-bond acceptors (Lipinski definition) is 2. The topological polar surface area (TPSA) is 24.9 Å². The molecule has 2 atom stereocenters. The van der Waals surface area contributed by atoms with Crippen molar-refractivity contribution in [3.63, 3.8) is 0 Å². The number of nitrogens with zero attached hydrogens (tertiary/aromatic N) is 1. The molecule has 0 amide bonds. The van der Waals surface area contributed by atoms with E-state index in [2.05, 4.69) is 53.1 Å². The van der Waals surface area contributed by atoms with Crippen molar-refractivity contribution in [2.75, 3.05) is 5.32 Å². The van der Waals surface area contributed by atoms with Gasteiger partial charge >= 0.3 is 0 Å². The lowest BCUT2D eigenvalue weighted by atomic mass is 9.91. The number of rotatable bonds is 2. The zero-order chi connectivity index (χ0) is 11.8. The molecule has 2 nitrogen and oxygen atoms in total. The normalized spacial score (nSPS) is 28.0. The first kappa shape index (κ1) is 11.9. The minimum Gasteiger partial charge on any atom is -0.381 e. The first-order valence-electron chi connectivity index (χ1n) is 5.84. The maximum atomic E-state index is 4.24. The van der Waals surface area contributed by atoms with E-state index in [1.807, 2.05) is 12.3 Å². The van der Waals surface area contributed by atoms with E-state index in [1.165, 1.54) is 12.8 Å². The summed E-state index contributed by atoms with van der Waals surface area (Å²) in [6.07, 6.45) is 4.43. The van der Waals surface area contributed by atoms with Crippen LogP contribution in [0, 0.1) is 11.3 Å². The lowest BCUT2D eigenvalue weighted by Gasteiger charge is -2.19. The standard InChI is InChI=1S/C13H19BrN2/c1-9-6-13(2,3)7-11(9)16-10-4-5-12(14)15-8-10/h4-5,8-9,11,16H,6-7H2,1-3H3. The summed E-state index contributed by atoms with van der Waals surface area (Å²) in [5.41, 5.74) is 1.60. The molecule has 16 heavy (non-hydrogen) atoms.